The smallest absolute Gasteiger partial charge is 0.161 e. The fourth-order valence-corrected chi connectivity index (χ4v) is 1.39. The number of likely N-dealkylation sites (N-methyl/N-ethyl adjacent to an activating group) is 1. The van der Waals surface area contributed by atoms with E-state index in [2.05, 4.69) is 21.1 Å². The molecule has 96 valence electrons. The van der Waals surface area contributed by atoms with E-state index in [1.807, 2.05) is 18.2 Å². The monoisotopic (exact) mass is 239 g/mol. The van der Waals surface area contributed by atoms with Gasteiger partial charge in [-0.2, -0.15) is 0 Å². The molecule has 1 aromatic carbocycles. The number of rotatable bonds is 6. The second-order valence-electron chi connectivity index (χ2n) is 5.05. The van der Waals surface area contributed by atoms with Gasteiger partial charge in [0.05, 0.1) is 28.3 Å². The summed E-state index contributed by atoms with van der Waals surface area (Å²) < 4.78 is 11.9. The lowest BCUT2D eigenvalue weighted by atomic mass is 10.2. The Kier molecular flexibility index (Phi) is 4.78. The Bertz CT molecular complexity index is 359. The Morgan fingerprint density at radius 1 is 1.18 bits per heavy atom. The topological polar surface area (TPSA) is 44.5 Å². The molecule has 1 rings (SSSR count). The first-order valence-electron chi connectivity index (χ1n) is 5.76. The van der Waals surface area contributed by atoms with E-state index in [-0.39, 0.29) is 0 Å². The molecule has 0 saturated heterocycles. The Morgan fingerprint density at radius 2 is 1.88 bits per heavy atom. The van der Waals surface area contributed by atoms with Gasteiger partial charge in [0.25, 0.3) is 0 Å². The fraction of sp³-hybridized carbons (Fsp3) is 0.538. The maximum Gasteiger partial charge on any atom is 0.161 e. The van der Waals surface area contributed by atoms with E-state index in [1.165, 1.54) is 0 Å². The van der Waals surface area contributed by atoms with Crippen LogP contribution in [0.1, 0.15) is 5.56 Å². The van der Waals surface area contributed by atoms with Gasteiger partial charge in [-0.05, 0) is 17.7 Å². The van der Waals surface area contributed by atoms with Crippen LogP contribution in [-0.4, -0.2) is 45.9 Å². The summed E-state index contributed by atoms with van der Waals surface area (Å²) >= 11 is 0. The normalized spacial score (nSPS) is 11.4. The van der Waals surface area contributed by atoms with Gasteiger partial charge in [-0.25, -0.2) is 0 Å². The van der Waals surface area contributed by atoms with E-state index < -0.39 is 0 Å². The summed E-state index contributed by atoms with van der Waals surface area (Å²) in [6, 6.07) is 5.79. The third kappa shape index (κ3) is 4.63. The molecule has 0 spiro atoms. The Labute approximate surface area is 104 Å². The molecule has 0 aromatic heterocycles. The zero-order valence-electron chi connectivity index (χ0n) is 11.2. The van der Waals surface area contributed by atoms with Crippen molar-refractivity contribution in [1.82, 2.24) is 0 Å². The van der Waals surface area contributed by atoms with Crippen LogP contribution < -0.4 is 15.2 Å². The quantitative estimate of drug-likeness (QED) is 0.760. The molecule has 0 radical (unpaired) electrons. The predicted octanol–water partition coefficient (Wildman–Crippen LogP) is 1.24. The standard InChI is InChI=1S/C13H23N2O2/c1-15(2,3)7-8-17-12-6-5-11(10-14)9-13(12)16-4/h5-6,9H,7-8,10,14H2,1-4H3/q+1. The lowest BCUT2D eigenvalue weighted by molar-refractivity contribution is -0.870. The van der Waals surface area contributed by atoms with Gasteiger partial charge < -0.3 is 19.7 Å². The van der Waals surface area contributed by atoms with Crippen molar-refractivity contribution in [1.29, 1.82) is 0 Å². The molecule has 2 N–H and O–H groups in total. The number of hydrogen-bond donors (Lipinski definition) is 1. The summed E-state index contributed by atoms with van der Waals surface area (Å²) in [5, 5.41) is 0. The van der Waals surface area contributed by atoms with Crippen molar-refractivity contribution in [2.75, 3.05) is 41.4 Å². The molecule has 0 amide bonds. The van der Waals surface area contributed by atoms with E-state index >= 15 is 0 Å². The van der Waals surface area contributed by atoms with Gasteiger partial charge in [0.2, 0.25) is 0 Å². The molecule has 0 atom stereocenters. The molecule has 0 aliphatic rings. The molecule has 0 aliphatic carbocycles. The minimum atomic E-state index is 0.509. The summed E-state index contributed by atoms with van der Waals surface area (Å²) in [4.78, 5) is 0. The maximum atomic E-state index is 5.72. The summed E-state index contributed by atoms with van der Waals surface area (Å²) in [6.07, 6.45) is 0. The molecule has 4 heteroatoms. The molecule has 0 bridgehead atoms. The van der Waals surface area contributed by atoms with Crippen LogP contribution in [0, 0.1) is 0 Å². The van der Waals surface area contributed by atoms with Crippen LogP contribution in [0.3, 0.4) is 0 Å². The average Bonchev–Trinajstić information content (AvgIpc) is 2.27. The van der Waals surface area contributed by atoms with Crippen LogP contribution in [-0.2, 0) is 6.54 Å². The van der Waals surface area contributed by atoms with Crippen LogP contribution in [0.25, 0.3) is 0 Å². The number of quaternary nitrogens is 1. The van der Waals surface area contributed by atoms with Crippen molar-refractivity contribution in [3.8, 4) is 11.5 Å². The third-order valence-electron chi connectivity index (χ3n) is 2.48. The Hall–Kier alpha value is -1.26. The molecule has 0 unspecified atom stereocenters. The molecule has 0 saturated carbocycles. The average molecular weight is 239 g/mol. The summed E-state index contributed by atoms with van der Waals surface area (Å²) in [5.41, 5.74) is 6.62. The summed E-state index contributed by atoms with van der Waals surface area (Å²) in [7, 11) is 8.05. The zero-order valence-corrected chi connectivity index (χ0v) is 11.2. The van der Waals surface area contributed by atoms with Crippen molar-refractivity contribution in [3.63, 3.8) is 0 Å². The second-order valence-corrected chi connectivity index (χ2v) is 5.05. The van der Waals surface area contributed by atoms with Gasteiger partial charge in [0, 0.05) is 6.54 Å². The minimum absolute atomic E-state index is 0.509. The van der Waals surface area contributed by atoms with Crippen molar-refractivity contribution in [3.05, 3.63) is 23.8 Å². The number of benzene rings is 1. The van der Waals surface area contributed by atoms with E-state index in [0.717, 1.165) is 28.1 Å². The van der Waals surface area contributed by atoms with Gasteiger partial charge in [-0.1, -0.05) is 6.07 Å². The zero-order chi connectivity index (χ0) is 12.9. The highest BCUT2D eigenvalue weighted by Crippen LogP contribution is 2.27. The fourth-order valence-electron chi connectivity index (χ4n) is 1.39. The van der Waals surface area contributed by atoms with Crippen molar-refractivity contribution < 1.29 is 14.0 Å². The highest BCUT2D eigenvalue weighted by Gasteiger charge is 2.09. The van der Waals surface area contributed by atoms with Gasteiger partial charge in [-0.15, -0.1) is 0 Å². The molecule has 17 heavy (non-hydrogen) atoms. The van der Waals surface area contributed by atoms with Gasteiger partial charge in [0.1, 0.15) is 13.2 Å². The maximum absolute atomic E-state index is 5.72. The molecular weight excluding hydrogens is 216 g/mol. The number of hydrogen-bond acceptors (Lipinski definition) is 3. The second kappa shape index (κ2) is 5.89. The van der Waals surface area contributed by atoms with E-state index in [0.29, 0.717) is 13.2 Å². The molecule has 0 fully saturated rings. The van der Waals surface area contributed by atoms with Gasteiger partial charge in [-0.3, -0.25) is 0 Å². The van der Waals surface area contributed by atoms with Crippen molar-refractivity contribution >= 4 is 0 Å². The first-order valence-corrected chi connectivity index (χ1v) is 5.76. The molecule has 1 aromatic rings. The first-order chi connectivity index (χ1) is 7.96. The molecule has 4 nitrogen and oxygen atoms in total. The van der Waals surface area contributed by atoms with Gasteiger partial charge in [0.15, 0.2) is 11.5 Å². The van der Waals surface area contributed by atoms with Crippen molar-refractivity contribution in [2.24, 2.45) is 5.73 Å². The largest absolute Gasteiger partial charge is 0.493 e. The Balaban J connectivity index is 2.64. The lowest BCUT2D eigenvalue weighted by Gasteiger charge is -2.24. The number of nitrogens with zero attached hydrogens (tertiary/aromatic N) is 1. The van der Waals surface area contributed by atoms with Crippen LogP contribution >= 0.6 is 0 Å². The van der Waals surface area contributed by atoms with Crippen LogP contribution in [0.2, 0.25) is 0 Å². The summed E-state index contributed by atoms with van der Waals surface area (Å²) in [5.74, 6) is 1.52. The number of methoxy groups -OCH3 is 1. The number of nitrogens with two attached hydrogens (primary N) is 1. The first kappa shape index (κ1) is 13.8. The Morgan fingerprint density at radius 3 is 2.41 bits per heavy atom. The molecular formula is C13H23N2O2+. The van der Waals surface area contributed by atoms with E-state index in [1.54, 1.807) is 7.11 Å². The van der Waals surface area contributed by atoms with E-state index in [9.17, 15) is 0 Å². The van der Waals surface area contributed by atoms with Crippen molar-refractivity contribution in [2.45, 2.75) is 6.54 Å². The lowest BCUT2D eigenvalue weighted by Crippen LogP contribution is -2.38. The van der Waals surface area contributed by atoms with E-state index in [4.69, 9.17) is 15.2 Å². The highest BCUT2D eigenvalue weighted by molar-refractivity contribution is 5.42. The minimum Gasteiger partial charge on any atom is -0.493 e. The van der Waals surface area contributed by atoms with Gasteiger partial charge >= 0.3 is 0 Å². The molecule has 0 heterocycles. The summed E-state index contributed by atoms with van der Waals surface area (Å²) in [6.45, 7) is 2.12. The van der Waals surface area contributed by atoms with Crippen LogP contribution in [0.5, 0.6) is 11.5 Å². The van der Waals surface area contributed by atoms with Crippen LogP contribution in [0.15, 0.2) is 18.2 Å². The third-order valence-corrected chi connectivity index (χ3v) is 2.48. The SMILES string of the molecule is COc1cc(CN)ccc1OCC[N+](C)(C)C. The number of ether oxygens (including phenoxy) is 2. The van der Waals surface area contributed by atoms with Crippen LogP contribution in [0.4, 0.5) is 0 Å². The predicted molar refractivity (Wildman–Crippen MR) is 69.3 cm³/mol. The highest BCUT2D eigenvalue weighted by atomic mass is 16.5. The molecule has 0 aliphatic heterocycles.